The Balaban J connectivity index is 1.97. The maximum absolute atomic E-state index is 11.2. The molecule has 0 aliphatic rings. The molecule has 0 N–H and O–H groups in total. The Hall–Kier alpha value is -2.37. The molecule has 2 aromatic heterocycles. The molecular weight excluding hydrogens is 244 g/mol. The summed E-state index contributed by atoms with van der Waals surface area (Å²) in [4.78, 5) is 19.5. The zero-order valence-corrected chi connectivity index (χ0v) is 10.7. The second-order valence-electron chi connectivity index (χ2n) is 3.81. The predicted molar refractivity (Wildman–Crippen MR) is 66.7 cm³/mol. The summed E-state index contributed by atoms with van der Waals surface area (Å²) in [6.07, 6.45) is 7.16. The molecule has 0 bridgehead atoms. The number of hydrogen-bond acceptors (Lipinski definition) is 5. The molecule has 0 atom stereocenters. The van der Waals surface area contributed by atoms with E-state index in [0.29, 0.717) is 25.4 Å². The minimum Gasteiger partial charge on any atom is -0.466 e. The third-order valence-electron chi connectivity index (χ3n) is 2.45. The third kappa shape index (κ3) is 3.80. The van der Waals surface area contributed by atoms with E-state index in [1.807, 2.05) is 6.07 Å². The summed E-state index contributed by atoms with van der Waals surface area (Å²) in [6.45, 7) is 2.69. The van der Waals surface area contributed by atoms with Crippen LogP contribution >= 0.6 is 0 Å². The standard InChI is InChI=1S/C13H15N4O2/c1-2-19-12(18)5-9-17-8-4-11(10-16-17)13-14-6-3-7-15-13/h3-4,6-8,10H,2,5,9H2,1H3/q+1. The summed E-state index contributed by atoms with van der Waals surface area (Å²) < 4.78 is 6.54. The lowest BCUT2D eigenvalue weighted by molar-refractivity contribution is -0.752. The van der Waals surface area contributed by atoms with Gasteiger partial charge in [0.2, 0.25) is 0 Å². The average molecular weight is 259 g/mol. The van der Waals surface area contributed by atoms with Gasteiger partial charge in [0, 0.05) is 24.0 Å². The van der Waals surface area contributed by atoms with Crippen molar-refractivity contribution in [3.63, 3.8) is 0 Å². The fourth-order valence-electron chi connectivity index (χ4n) is 1.54. The van der Waals surface area contributed by atoms with Crippen LogP contribution in [0.1, 0.15) is 13.3 Å². The number of carbonyl (C=O) groups is 1. The minimum absolute atomic E-state index is 0.215. The van der Waals surface area contributed by atoms with Gasteiger partial charge in [-0.2, -0.15) is 0 Å². The molecule has 2 heterocycles. The number of carbonyl (C=O) groups excluding carboxylic acids is 1. The summed E-state index contributed by atoms with van der Waals surface area (Å²) in [7, 11) is 0. The van der Waals surface area contributed by atoms with Gasteiger partial charge < -0.3 is 4.74 Å². The number of hydrogen-bond donors (Lipinski definition) is 0. The zero-order valence-electron chi connectivity index (χ0n) is 10.7. The Labute approximate surface area is 111 Å². The van der Waals surface area contributed by atoms with E-state index < -0.39 is 0 Å². The Morgan fingerprint density at radius 2 is 2.16 bits per heavy atom. The SMILES string of the molecule is CCOC(=O)CC[n+]1ccc(-c2ncccn2)cn1. The largest absolute Gasteiger partial charge is 0.466 e. The van der Waals surface area contributed by atoms with Gasteiger partial charge in [-0.1, -0.05) is 4.68 Å². The maximum Gasteiger partial charge on any atom is 0.312 e. The first-order chi connectivity index (χ1) is 9.29. The average Bonchev–Trinajstić information content (AvgIpc) is 2.47. The highest BCUT2D eigenvalue weighted by Crippen LogP contribution is 2.09. The van der Waals surface area contributed by atoms with Gasteiger partial charge >= 0.3 is 5.97 Å². The van der Waals surface area contributed by atoms with Crippen LogP contribution in [0.15, 0.2) is 36.9 Å². The molecule has 2 aromatic rings. The zero-order chi connectivity index (χ0) is 13.5. The van der Waals surface area contributed by atoms with Crippen molar-refractivity contribution in [2.24, 2.45) is 0 Å². The Morgan fingerprint density at radius 3 is 2.79 bits per heavy atom. The molecule has 0 aliphatic heterocycles. The lowest BCUT2D eigenvalue weighted by Gasteiger charge is -1.99. The highest BCUT2D eigenvalue weighted by molar-refractivity contribution is 5.68. The Kier molecular flexibility index (Phi) is 4.49. The van der Waals surface area contributed by atoms with Gasteiger partial charge in [-0.25, -0.2) is 9.97 Å². The fourth-order valence-corrected chi connectivity index (χ4v) is 1.54. The monoisotopic (exact) mass is 259 g/mol. The van der Waals surface area contributed by atoms with E-state index in [0.717, 1.165) is 5.56 Å². The summed E-state index contributed by atoms with van der Waals surface area (Å²) in [5, 5.41) is 4.22. The van der Waals surface area contributed by atoms with E-state index in [1.165, 1.54) is 0 Å². The summed E-state index contributed by atoms with van der Waals surface area (Å²) in [5.74, 6) is 0.416. The van der Waals surface area contributed by atoms with E-state index >= 15 is 0 Å². The molecule has 0 saturated heterocycles. The summed E-state index contributed by atoms with van der Waals surface area (Å²) in [5.41, 5.74) is 0.841. The van der Waals surface area contributed by atoms with Crippen LogP contribution in [0, 0.1) is 0 Å². The van der Waals surface area contributed by atoms with Crippen molar-refractivity contribution in [2.75, 3.05) is 6.61 Å². The number of nitrogens with zero attached hydrogens (tertiary/aromatic N) is 4. The lowest BCUT2D eigenvalue weighted by atomic mass is 10.3. The molecule has 6 heteroatoms. The van der Waals surface area contributed by atoms with Gasteiger partial charge in [0.1, 0.15) is 12.6 Å². The van der Waals surface area contributed by atoms with Gasteiger partial charge in [-0.15, -0.1) is 0 Å². The topological polar surface area (TPSA) is 68.8 Å². The maximum atomic E-state index is 11.2. The van der Waals surface area contributed by atoms with E-state index in [-0.39, 0.29) is 5.97 Å². The lowest BCUT2D eigenvalue weighted by Crippen LogP contribution is -2.38. The Bertz CT molecular complexity index is 528. The first kappa shape index (κ1) is 13.1. The van der Waals surface area contributed by atoms with Crippen LogP contribution in [0.4, 0.5) is 0 Å². The van der Waals surface area contributed by atoms with Gasteiger partial charge in [0.15, 0.2) is 18.6 Å². The molecule has 0 radical (unpaired) electrons. The number of rotatable bonds is 5. The second kappa shape index (κ2) is 6.53. The van der Waals surface area contributed by atoms with Crippen molar-refractivity contribution < 1.29 is 14.2 Å². The van der Waals surface area contributed by atoms with Crippen LogP contribution in [0.25, 0.3) is 11.4 Å². The van der Waals surface area contributed by atoms with Crippen LogP contribution in [-0.4, -0.2) is 27.6 Å². The van der Waals surface area contributed by atoms with E-state index in [2.05, 4.69) is 15.1 Å². The molecule has 0 saturated carbocycles. The van der Waals surface area contributed by atoms with Crippen LogP contribution < -0.4 is 4.68 Å². The predicted octanol–water partition coefficient (Wildman–Crippen LogP) is 0.779. The number of aryl methyl sites for hydroxylation is 1. The third-order valence-corrected chi connectivity index (χ3v) is 2.45. The molecule has 0 aromatic carbocycles. The Morgan fingerprint density at radius 1 is 1.37 bits per heavy atom. The minimum atomic E-state index is -0.215. The molecule has 19 heavy (non-hydrogen) atoms. The van der Waals surface area contributed by atoms with E-state index in [4.69, 9.17) is 4.74 Å². The number of aromatic nitrogens is 4. The fraction of sp³-hybridized carbons (Fsp3) is 0.308. The molecular formula is C13H15N4O2+. The highest BCUT2D eigenvalue weighted by Gasteiger charge is 2.09. The van der Waals surface area contributed by atoms with Gasteiger partial charge in [-0.05, 0) is 18.1 Å². The van der Waals surface area contributed by atoms with Gasteiger partial charge in [-0.3, -0.25) is 4.79 Å². The highest BCUT2D eigenvalue weighted by atomic mass is 16.5. The second-order valence-corrected chi connectivity index (χ2v) is 3.81. The van der Waals surface area contributed by atoms with Crippen LogP contribution in [0.3, 0.4) is 0 Å². The normalized spacial score (nSPS) is 10.2. The number of ether oxygens (including phenoxy) is 1. The first-order valence-corrected chi connectivity index (χ1v) is 6.08. The van der Waals surface area contributed by atoms with Gasteiger partial charge in [0.25, 0.3) is 0 Å². The van der Waals surface area contributed by atoms with Crippen molar-refractivity contribution in [2.45, 2.75) is 19.9 Å². The van der Waals surface area contributed by atoms with Crippen LogP contribution in [-0.2, 0) is 16.1 Å². The van der Waals surface area contributed by atoms with E-state index in [1.54, 1.807) is 42.5 Å². The van der Waals surface area contributed by atoms with Crippen molar-refractivity contribution in [3.05, 3.63) is 36.9 Å². The molecule has 98 valence electrons. The van der Waals surface area contributed by atoms with Crippen LogP contribution in [0.5, 0.6) is 0 Å². The quantitative estimate of drug-likeness (QED) is 0.586. The van der Waals surface area contributed by atoms with Gasteiger partial charge in [0.05, 0.1) is 6.61 Å². The van der Waals surface area contributed by atoms with E-state index in [9.17, 15) is 4.79 Å². The molecule has 0 amide bonds. The first-order valence-electron chi connectivity index (χ1n) is 6.08. The van der Waals surface area contributed by atoms with Crippen molar-refractivity contribution in [3.8, 4) is 11.4 Å². The van der Waals surface area contributed by atoms with Crippen molar-refractivity contribution >= 4 is 5.97 Å². The molecule has 2 rings (SSSR count). The molecule has 0 aliphatic carbocycles. The summed E-state index contributed by atoms with van der Waals surface area (Å²) in [6, 6.07) is 3.63. The summed E-state index contributed by atoms with van der Waals surface area (Å²) >= 11 is 0. The molecule has 0 fully saturated rings. The molecule has 0 spiro atoms. The molecule has 0 unspecified atom stereocenters. The van der Waals surface area contributed by atoms with Crippen molar-refractivity contribution in [1.29, 1.82) is 0 Å². The van der Waals surface area contributed by atoms with Crippen LogP contribution in [0.2, 0.25) is 0 Å². The van der Waals surface area contributed by atoms with Crippen molar-refractivity contribution in [1.82, 2.24) is 15.1 Å². The smallest absolute Gasteiger partial charge is 0.312 e. The molecule has 6 nitrogen and oxygen atoms in total. The number of esters is 1.